The summed E-state index contributed by atoms with van der Waals surface area (Å²) >= 11 is 0. The second-order valence-electron chi connectivity index (χ2n) is 4.52. The first-order chi connectivity index (χ1) is 8.36. The largest absolute Gasteiger partial charge is 0.103 e. The van der Waals surface area contributed by atoms with Crippen LogP contribution in [-0.4, -0.2) is 0 Å². The quantitative estimate of drug-likeness (QED) is 0.615. The normalized spacial score (nSPS) is 9.76. The third kappa shape index (κ3) is 6.17. The van der Waals surface area contributed by atoms with Crippen molar-refractivity contribution in [3.05, 3.63) is 35.4 Å². The van der Waals surface area contributed by atoms with E-state index in [2.05, 4.69) is 50.0 Å². The Morgan fingerprint density at radius 1 is 0.765 bits per heavy atom. The van der Waals surface area contributed by atoms with Crippen LogP contribution in [0.5, 0.6) is 0 Å². The molecular weight excluding hydrogens is 204 g/mol. The van der Waals surface area contributed by atoms with Gasteiger partial charge in [0.25, 0.3) is 0 Å². The standard InChI is InChI=1S/C17H24/c1-3-5-7-8-9-11-17-14-12-16(13-15-17)10-6-4-2/h12-15H,3-6,9-11H2,1-2H3. The zero-order valence-electron chi connectivity index (χ0n) is 11.3. The molecule has 0 radical (unpaired) electrons. The minimum absolute atomic E-state index is 0.994. The van der Waals surface area contributed by atoms with Gasteiger partial charge in [0.05, 0.1) is 0 Å². The molecule has 0 fully saturated rings. The minimum atomic E-state index is 0.994. The average molecular weight is 228 g/mol. The maximum absolute atomic E-state index is 3.23. The van der Waals surface area contributed by atoms with Crippen LogP contribution in [0.15, 0.2) is 24.3 Å². The Morgan fingerprint density at radius 3 is 1.94 bits per heavy atom. The smallest absolute Gasteiger partial charge is 0.0129 e. The molecule has 0 aliphatic rings. The third-order valence-corrected chi connectivity index (χ3v) is 2.88. The van der Waals surface area contributed by atoms with Crippen LogP contribution in [0.4, 0.5) is 0 Å². The Bertz CT molecular complexity index is 348. The van der Waals surface area contributed by atoms with Gasteiger partial charge in [-0.15, -0.1) is 11.8 Å². The van der Waals surface area contributed by atoms with E-state index in [0.29, 0.717) is 0 Å². The lowest BCUT2D eigenvalue weighted by molar-refractivity contribution is 0.794. The SMILES string of the molecule is CCCC#CCCc1ccc(CCCC)cc1. The number of benzene rings is 1. The summed E-state index contributed by atoms with van der Waals surface area (Å²) in [6, 6.07) is 9.05. The van der Waals surface area contributed by atoms with Gasteiger partial charge in [-0.25, -0.2) is 0 Å². The van der Waals surface area contributed by atoms with E-state index in [1.54, 1.807) is 0 Å². The Kier molecular flexibility index (Phi) is 7.23. The summed E-state index contributed by atoms with van der Waals surface area (Å²) in [5.41, 5.74) is 2.88. The maximum atomic E-state index is 3.23. The van der Waals surface area contributed by atoms with Crippen molar-refractivity contribution in [2.75, 3.05) is 0 Å². The van der Waals surface area contributed by atoms with Gasteiger partial charge in [0, 0.05) is 12.8 Å². The molecule has 0 aliphatic heterocycles. The van der Waals surface area contributed by atoms with E-state index in [-0.39, 0.29) is 0 Å². The van der Waals surface area contributed by atoms with Gasteiger partial charge < -0.3 is 0 Å². The highest BCUT2D eigenvalue weighted by atomic mass is 14.0. The van der Waals surface area contributed by atoms with E-state index in [0.717, 1.165) is 19.3 Å². The fourth-order valence-corrected chi connectivity index (χ4v) is 1.76. The van der Waals surface area contributed by atoms with Crippen molar-refractivity contribution >= 4 is 0 Å². The molecule has 0 aromatic heterocycles. The van der Waals surface area contributed by atoms with Crippen LogP contribution in [0.3, 0.4) is 0 Å². The first-order valence-corrected chi connectivity index (χ1v) is 6.90. The Morgan fingerprint density at radius 2 is 1.35 bits per heavy atom. The average Bonchev–Trinajstić information content (AvgIpc) is 2.37. The third-order valence-electron chi connectivity index (χ3n) is 2.88. The molecule has 92 valence electrons. The number of aryl methyl sites for hydroxylation is 2. The van der Waals surface area contributed by atoms with Crippen molar-refractivity contribution in [2.24, 2.45) is 0 Å². The zero-order chi connectivity index (χ0) is 12.3. The molecule has 0 nitrogen and oxygen atoms in total. The molecule has 0 atom stereocenters. The lowest BCUT2D eigenvalue weighted by atomic mass is 10.0. The summed E-state index contributed by atoms with van der Waals surface area (Å²) in [5.74, 6) is 6.43. The lowest BCUT2D eigenvalue weighted by Gasteiger charge is -2.02. The van der Waals surface area contributed by atoms with E-state index in [1.165, 1.54) is 36.8 Å². The number of hydrogen-bond acceptors (Lipinski definition) is 0. The van der Waals surface area contributed by atoms with Crippen LogP contribution in [0.1, 0.15) is 57.1 Å². The van der Waals surface area contributed by atoms with Gasteiger partial charge >= 0.3 is 0 Å². The van der Waals surface area contributed by atoms with Crippen LogP contribution < -0.4 is 0 Å². The molecular formula is C17H24. The highest BCUT2D eigenvalue weighted by Crippen LogP contribution is 2.09. The fourth-order valence-electron chi connectivity index (χ4n) is 1.76. The second kappa shape index (κ2) is 8.88. The number of hydrogen-bond donors (Lipinski definition) is 0. The molecule has 0 spiro atoms. The highest BCUT2D eigenvalue weighted by molar-refractivity contribution is 5.23. The Balaban J connectivity index is 2.33. The molecule has 1 aromatic carbocycles. The van der Waals surface area contributed by atoms with Gasteiger partial charge in [-0.1, -0.05) is 44.5 Å². The molecule has 0 heteroatoms. The first-order valence-electron chi connectivity index (χ1n) is 6.90. The van der Waals surface area contributed by atoms with E-state index >= 15 is 0 Å². The topological polar surface area (TPSA) is 0 Å². The first kappa shape index (κ1) is 13.8. The molecule has 0 heterocycles. The predicted molar refractivity (Wildman–Crippen MR) is 76.1 cm³/mol. The van der Waals surface area contributed by atoms with E-state index in [4.69, 9.17) is 0 Å². The second-order valence-corrected chi connectivity index (χ2v) is 4.52. The molecule has 0 aliphatic carbocycles. The fraction of sp³-hybridized carbons (Fsp3) is 0.529. The maximum Gasteiger partial charge on any atom is 0.0129 e. The molecule has 0 bridgehead atoms. The van der Waals surface area contributed by atoms with Crippen molar-refractivity contribution in [1.29, 1.82) is 0 Å². The highest BCUT2D eigenvalue weighted by Gasteiger charge is 1.94. The Hall–Kier alpha value is -1.22. The minimum Gasteiger partial charge on any atom is -0.103 e. The molecule has 0 saturated heterocycles. The summed E-state index contributed by atoms with van der Waals surface area (Å²) in [6.45, 7) is 4.41. The van der Waals surface area contributed by atoms with Gasteiger partial charge in [-0.05, 0) is 36.8 Å². The van der Waals surface area contributed by atoms with Gasteiger partial charge in [-0.2, -0.15) is 0 Å². The van der Waals surface area contributed by atoms with Gasteiger partial charge in [0.1, 0.15) is 0 Å². The van der Waals surface area contributed by atoms with Crippen molar-refractivity contribution in [2.45, 2.75) is 58.8 Å². The molecule has 1 rings (SSSR count). The summed E-state index contributed by atoms with van der Waals surface area (Å²) < 4.78 is 0. The Labute approximate surface area is 106 Å². The number of unbranched alkanes of at least 4 members (excludes halogenated alkanes) is 2. The van der Waals surface area contributed by atoms with E-state index in [1.807, 2.05) is 0 Å². The molecule has 0 unspecified atom stereocenters. The van der Waals surface area contributed by atoms with Crippen molar-refractivity contribution in [3.63, 3.8) is 0 Å². The van der Waals surface area contributed by atoms with Crippen molar-refractivity contribution < 1.29 is 0 Å². The van der Waals surface area contributed by atoms with Crippen LogP contribution in [0.25, 0.3) is 0 Å². The van der Waals surface area contributed by atoms with Gasteiger partial charge in [-0.3, -0.25) is 0 Å². The van der Waals surface area contributed by atoms with Crippen LogP contribution >= 0.6 is 0 Å². The van der Waals surface area contributed by atoms with Crippen LogP contribution in [-0.2, 0) is 12.8 Å². The monoisotopic (exact) mass is 228 g/mol. The summed E-state index contributed by atoms with van der Waals surface area (Å²) in [7, 11) is 0. The molecule has 0 amide bonds. The van der Waals surface area contributed by atoms with Gasteiger partial charge in [0.15, 0.2) is 0 Å². The van der Waals surface area contributed by atoms with E-state index in [9.17, 15) is 0 Å². The van der Waals surface area contributed by atoms with E-state index < -0.39 is 0 Å². The molecule has 0 N–H and O–H groups in total. The summed E-state index contributed by atoms with van der Waals surface area (Å²) in [5, 5.41) is 0. The van der Waals surface area contributed by atoms with Crippen molar-refractivity contribution in [3.8, 4) is 11.8 Å². The van der Waals surface area contributed by atoms with Crippen LogP contribution in [0, 0.1) is 11.8 Å². The summed E-state index contributed by atoms with van der Waals surface area (Å²) in [6.07, 6.45) is 8.07. The van der Waals surface area contributed by atoms with Gasteiger partial charge in [0.2, 0.25) is 0 Å². The predicted octanol–water partition coefficient (Wildman–Crippen LogP) is 4.77. The number of rotatable bonds is 6. The van der Waals surface area contributed by atoms with Crippen molar-refractivity contribution in [1.82, 2.24) is 0 Å². The lowest BCUT2D eigenvalue weighted by Crippen LogP contribution is -1.87. The summed E-state index contributed by atoms with van der Waals surface area (Å²) in [4.78, 5) is 0. The van der Waals surface area contributed by atoms with Crippen LogP contribution in [0.2, 0.25) is 0 Å². The zero-order valence-corrected chi connectivity index (χ0v) is 11.3. The molecule has 1 aromatic rings. The molecule has 17 heavy (non-hydrogen) atoms. The molecule has 0 saturated carbocycles.